The first kappa shape index (κ1) is 14.6. The molecule has 0 saturated heterocycles. The van der Waals surface area contributed by atoms with Gasteiger partial charge in [-0.3, -0.25) is 9.59 Å². The summed E-state index contributed by atoms with van der Waals surface area (Å²) in [6, 6.07) is 5.86. The molecule has 1 aromatic heterocycles. The summed E-state index contributed by atoms with van der Waals surface area (Å²) in [7, 11) is 0. The van der Waals surface area contributed by atoms with Gasteiger partial charge in [-0.25, -0.2) is 9.07 Å². The van der Waals surface area contributed by atoms with Gasteiger partial charge >= 0.3 is 0 Å². The minimum Gasteiger partial charge on any atom is -0.322 e. The molecule has 1 heterocycles. The van der Waals surface area contributed by atoms with Crippen molar-refractivity contribution in [3.63, 3.8) is 0 Å². The molecule has 7 nitrogen and oxygen atoms in total. The Balaban J connectivity index is 1.94. The fraction of sp³-hybridized carbons (Fsp3) is 0.231. The highest BCUT2D eigenvalue weighted by Crippen LogP contribution is 2.12. The monoisotopic (exact) mass is 291 g/mol. The number of carbonyl (C=O) groups is 2. The Morgan fingerprint density at radius 2 is 2.00 bits per heavy atom. The fourth-order valence-corrected chi connectivity index (χ4v) is 1.56. The molecule has 0 aliphatic heterocycles. The number of nitrogens with one attached hydrogen (secondary N) is 2. The highest BCUT2D eigenvalue weighted by molar-refractivity contribution is 5.91. The van der Waals surface area contributed by atoms with E-state index in [-0.39, 0.29) is 24.0 Å². The molecule has 2 amide bonds. The lowest BCUT2D eigenvalue weighted by atomic mass is 10.3. The van der Waals surface area contributed by atoms with Gasteiger partial charge in [-0.05, 0) is 12.1 Å². The van der Waals surface area contributed by atoms with E-state index in [1.807, 2.05) is 0 Å². The highest BCUT2D eigenvalue weighted by Gasteiger charge is 2.09. The van der Waals surface area contributed by atoms with Crippen molar-refractivity contribution < 1.29 is 14.0 Å². The number of rotatable bonds is 5. The number of hydrogen-bond donors (Lipinski definition) is 2. The van der Waals surface area contributed by atoms with E-state index in [0.29, 0.717) is 6.42 Å². The minimum absolute atomic E-state index is 0.0992. The average molecular weight is 291 g/mol. The Bertz CT molecular complexity index is 656. The Hall–Kier alpha value is -2.77. The largest absolute Gasteiger partial charge is 0.322 e. The zero-order valence-electron chi connectivity index (χ0n) is 11.3. The Morgan fingerprint density at radius 1 is 1.24 bits per heavy atom. The maximum absolute atomic E-state index is 13.4. The lowest BCUT2D eigenvalue weighted by molar-refractivity contribution is -0.117. The van der Waals surface area contributed by atoms with Gasteiger partial charge in [0.25, 0.3) is 0 Å². The molecular formula is C13H14FN5O2. The van der Waals surface area contributed by atoms with E-state index >= 15 is 0 Å². The second kappa shape index (κ2) is 6.60. The van der Waals surface area contributed by atoms with Crippen LogP contribution in [-0.2, 0) is 16.1 Å². The molecule has 2 rings (SSSR count). The first-order valence-electron chi connectivity index (χ1n) is 6.33. The molecule has 2 N–H and O–H groups in total. The van der Waals surface area contributed by atoms with Crippen molar-refractivity contribution in [1.82, 2.24) is 15.0 Å². The van der Waals surface area contributed by atoms with E-state index in [1.165, 1.54) is 29.1 Å². The van der Waals surface area contributed by atoms with Crippen LogP contribution in [0.2, 0.25) is 0 Å². The Kier molecular flexibility index (Phi) is 4.60. The predicted molar refractivity (Wildman–Crippen MR) is 74.0 cm³/mol. The predicted octanol–water partition coefficient (Wildman–Crippen LogP) is 1.40. The number of benzene rings is 1. The zero-order chi connectivity index (χ0) is 15.2. The maximum Gasteiger partial charge on any atom is 0.246 e. The van der Waals surface area contributed by atoms with Crippen molar-refractivity contribution in [2.45, 2.75) is 19.9 Å². The lowest BCUT2D eigenvalue weighted by Gasteiger charge is -2.05. The van der Waals surface area contributed by atoms with Crippen LogP contribution in [0.1, 0.15) is 13.3 Å². The van der Waals surface area contributed by atoms with Crippen molar-refractivity contribution in [2.24, 2.45) is 0 Å². The highest BCUT2D eigenvalue weighted by atomic mass is 19.1. The zero-order valence-corrected chi connectivity index (χ0v) is 11.3. The van der Waals surface area contributed by atoms with E-state index < -0.39 is 11.7 Å². The topological polar surface area (TPSA) is 88.9 Å². The molecule has 0 fully saturated rings. The number of aromatic nitrogens is 3. The van der Waals surface area contributed by atoms with Crippen LogP contribution in [0.3, 0.4) is 0 Å². The molecule has 8 heteroatoms. The van der Waals surface area contributed by atoms with Crippen molar-refractivity contribution in [3.05, 3.63) is 36.3 Å². The standard InChI is InChI=1S/C13H14FN5O2/c1-2-12(20)16-11-7-19(18-17-11)8-13(21)15-10-6-4-3-5-9(10)14/h3-7H,2,8H2,1H3,(H,15,21)(H,16,20). The van der Waals surface area contributed by atoms with Gasteiger partial charge in [0.05, 0.1) is 11.9 Å². The van der Waals surface area contributed by atoms with Crippen LogP contribution in [0.25, 0.3) is 0 Å². The van der Waals surface area contributed by atoms with E-state index in [2.05, 4.69) is 20.9 Å². The van der Waals surface area contributed by atoms with E-state index in [4.69, 9.17) is 0 Å². The van der Waals surface area contributed by atoms with Gasteiger partial charge < -0.3 is 10.6 Å². The van der Waals surface area contributed by atoms with Crippen molar-refractivity contribution >= 4 is 23.3 Å². The lowest BCUT2D eigenvalue weighted by Crippen LogP contribution is -2.19. The molecule has 0 radical (unpaired) electrons. The van der Waals surface area contributed by atoms with Crippen LogP contribution in [0.15, 0.2) is 30.5 Å². The van der Waals surface area contributed by atoms with Crippen LogP contribution in [0.5, 0.6) is 0 Å². The van der Waals surface area contributed by atoms with Crippen LogP contribution in [0.4, 0.5) is 15.9 Å². The van der Waals surface area contributed by atoms with Crippen LogP contribution >= 0.6 is 0 Å². The SMILES string of the molecule is CCC(=O)Nc1cn(CC(=O)Nc2ccccc2F)nn1. The quantitative estimate of drug-likeness (QED) is 0.871. The molecule has 0 aliphatic carbocycles. The first-order valence-corrected chi connectivity index (χ1v) is 6.33. The summed E-state index contributed by atoms with van der Waals surface area (Å²) in [6.45, 7) is 1.57. The summed E-state index contributed by atoms with van der Waals surface area (Å²) >= 11 is 0. The maximum atomic E-state index is 13.4. The molecule has 0 unspecified atom stereocenters. The molecule has 2 aromatic rings. The van der Waals surface area contributed by atoms with Gasteiger partial charge in [0.2, 0.25) is 11.8 Å². The Labute approximate surface area is 120 Å². The number of para-hydroxylation sites is 1. The van der Waals surface area contributed by atoms with Crippen molar-refractivity contribution in [2.75, 3.05) is 10.6 Å². The second-order valence-electron chi connectivity index (χ2n) is 4.23. The average Bonchev–Trinajstić information content (AvgIpc) is 2.88. The summed E-state index contributed by atoms with van der Waals surface area (Å²) in [5.74, 6) is -0.892. The summed E-state index contributed by atoms with van der Waals surface area (Å²) in [5.41, 5.74) is 0.0992. The molecule has 0 saturated carbocycles. The number of carbonyl (C=O) groups excluding carboxylic acids is 2. The molecule has 0 spiro atoms. The van der Waals surface area contributed by atoms with Gasteiger partial charge in [0, 0.05) is 6.42 Å². The van der Waals surface area contributed by atoms with Crippen molar-refractivity contribution in [1.29, 1.82) is 0 Å². The summed E-state index contributed by atoms with van der Waals surface area (Å²) in [6.07, 6.45) is 1.75. The van der Waals surface area contributed by atoms with Gasteiger partial charge in [0.15, 0.2) is 5.82 Å². The van der Waals surface area contributed by atoms with E-state index in [0.717, 1.165) is 0 Å². The molecule has 21 heavy (non-hydrogen) atoms. The molecule has 0 bridgehead atoms. The smallest absolute Gasteiger partial charge is 0.246 e. The molecule has 1 aromatic carbocycles. The molecule has 0 aliphatic rings. The fourth-order valence-electron chi connectivity index (χ4n) is 1.56. The Morgan fingerprint density at radius 3 is 2.71 bits per heavy atom. The molecular weight excluding hydrogens is 277 g/mol. The third-order valence-electron chi connectivity index (χ3n) is 2.58. The van der Waals surface area contributed by atoms with Gasteiger partial charge in [-0.2, -0.15) is 0 Å². The number of anilines is 2. The summed E-state index contributed by atoms with van der Waals surface area (Å²) in [5, 5.41) is 12.4. The molecule has 0 atom stereocenters. The normalized spacial score (nSPS) is 10.2. The molecule has 110 valence electrons. The number of halogens is 1. The van der Waals surface area contributed by atoms with E-state index in [9.17, 15) is 14.0 Å². The third kappa shape index (κ3) is 4.10. The van der Waals surface area contributed by atoms with Crippen LogP contribution < -0.4 is 10.6 Å². The number of amides is 2. The second-order valence-corrected chi connectivity index (χ2v) is 4.23. The number of nitrogens with zero attached hydrogens (tertiary/aromatic N) is 3. The van der Waals surface area contributed by atoms with Crippen LogP contribution in [-0.4, -0.2) is 26.8 Å². The van der Waals surface area contributed by atoms with Gasteiger partial charge in [-0.15, -0.1) is 5.10 Å². The summed E-state index contributed by atoms with van der Waals surface area (Å²) in [4.78, 5) is 23.0. The minimum atomic E-state index is -0.514. The van der Waals surface area contributed by atoms with Crippen molar-refractivity contribution in [3.8, 4) is 0 Å². The first-order chi connectivity index (χ1) is 10.1. The van der Waals surface area contributed by atoms with Gasteiger partial charge in [-0.1, -0.05) is 24.3 Å². The van der Waals surface area contributed by atoms with Crippen LogP contribution in [0, 0.1) is 5.82 Å². The third-order valence-corrected chi connectivity index (χ3v) is 2.58. The number of hydrogen-bond acceptors (Lipinski definition) is 4. The van der Waals surface area contributed by atoms with Gasteiger partial charge in [0.1, 0.15) is 12.4 Å². The van der Waals surface area contributed by atoms with E-state index in [1.54, 1.807) is 13.0 Å². The summed E-state index contributed by atoms with van der Waals surface area (Å²) < 4.78 is 14.6.